The largest absolute Gasteiger partial charge is 0.372 e. The van der Waals surface area contributed by atoms with Gasteiger partial charge in [0.15, 0.2) is 0 Å². The van der Waals surface area contributed by atoms with Crippen molar-refractivity contribution in [1.29, 1.82) is 0 Å². The van der Waals surface area contributed by atoms with Crippen LogP contribution >= 0.6 is 0 Å². The zero-order valence-electron chi connectivity index (χ0n) is 21.0. The van der Waals surface area contributed by atoms with Gasteiger partial charge < -0.3 is 10.6 Å². The van der Waals surface area contributed by atoms with Crippen LogP contribution in [-0.4, -0.2) is 19.5 Å². The average molecular weight is 457 g/mol. The molecule has 2 aliphatic rings. The molecule has 5 rings (SSSR count). The Morgan fingerprint density at radius 2 is 1.24 bits per heavy atom. The highest BCUT2D eigenvalue weighted by Crippen LogP contribution is 2.48. The topological polar surface area (TPSA) is 46.3 Å². The van der Waals surface area contributed by atoms with Crippen molar-refractivity contribution in [1.82, 2.24) is 0 Å². The maximum Gasteiger partial charge on any atom is 0.204 e. The second kappa shape index (κ2) is 13.0. The van der Waals surface area contributed by atoms with Crippen LogP contribution in [0.15, 0.2) is 72.8 Å². The first kappa shape index (κ1) is 25.6. The van der Waals surface area contributed by atoms with Crippen LogP contribution in [0.3, 0.4) is 0 Å². The molecule has 2 N–H and O–H groups in total. The van der Waals surface area contributed by atoms with Crippen molar-refractivity contribution in [2.45, 2.75) is 64.7 Å². The summed E-state index contributed by atoms with van der Waals surface area (Å²) in [5, 5.41) is 0. The fourth-order valence-corrected chi connectivity index (χ4v) is 5.36. The predicted molar refractivity (Wildman–Crippen MR) is 145 cm³/mol. The molecule has 180 valence electrons. The lowest BCUT2D eigenvalue weighted by atomic mass is 9.76. The van der Waals surface area contributed by atoms with E-state index in [9.17, 15) is 0 Å². The molecule has 3 aromatic carbocycles. The van der Waals surface area contributed by atoms with Crippen molar-refractivity contribution < 1.29 is 4.79 Å². The van der Waals surface area contributed by atoms with E-state index in [-0.39, 0.29) is 6.41 Å². The molecule has 3 aromatic rings. The van der Waals surface area contributed by atoms with Crippen LogP contribution in [0, 0.1) is 6.92 Å². The van der Waals surface area contributed by atoms with Gasteiger partial charge >= 0.3 is 0 Å². The zero-order valence-corrected chi connectivity index (χ0v) is 21.0. The highest BCUT2D eigenvalue weighted by molar-refractivity contribution is 5.69. The molecular weight excluding hydrogens is 416 g/mol. The Morgan fingerprint density at radius 3 is 1.59 bits per heavy atom. The Bertz CT molecular complexity index is 942. The third-order valence-corrected chi connectivity index (χ3v) is 6.87. The number of aryl methyl sites for hydroxylation is 1. The van der Waals surface area contributed by atoms with Crippen molar-refractivity contribution in [3.8, 4) is 0 Å². The molecule has 0 aliphatic carbocycles. The molecule has 3 heteroatoms. The minimum Gasteiger partial charge on any atom is -0.372 e. The van der Waals surface area contributed by atoms with Gasteiger partial charge in [-0.15, -0.1) is 0 Å². The highest BCUT2D eigenvalue weighted by Gasteiger charge is 2.34. The van der Waals surface area contributed by atoms with Gasteiger partial charge in [0.2, 0.25) is 6.41 Å². The van der Waals surface area contributed by atoms with Crippen LogP contribution in [0.5, 0.6) is 0 Å². The summed E-state index contributed by atoms with van der Waals surface area (Å²) in [5.74, 6) is 1.05. The average Bonchev–Trinajstić information content (AvgIpc) is 2.87. The van der Waals surface area contributed by atoms with Crippen LogP contribution in [0.25, 0.3) is 0 Å². The smallest absolute Gasteiger partial charge is 0.204 e. The van der Waals surface area contributed by atoms with E-state index in [4.69, 9.17) is 4.79 Å². The number of nitrogens with two attached hydrogens (primary N) is 1. The standard InChI is InChI=1S/C25H25N.C5H12.CH3NO/c1-18-16-23-21(19-8-4-2-5-9-19)12-14-26-15-13-22(24(17-18)25(23)26)20-10-6-3-7-11-20;1-3-5-4-2;2-1-3/h2-11,16-17,21-22H,12-15H2,1H3;3-5H2,1-2H3;1H,(H2,2,3). The van der Waals surface area contributed by atoms with E-state index in [1.54, 1.807) is 0 Å². The van der Waals surface area contributed by atoms with Crippen LogP contribution in [-0.2, 0) is 4.79 Å². The number of hydrogen-bond acceptors (Lipinski definition) is 2. The van der Waals surface area contributed by atoms with Crippen molar-refractivity contribution in [3.63, 3.8) is 0 Å². The summed E-state index contributed by atoms with van der Waals surface area (Å²) in [6.45, 7) is 9.02. The highest BCUT2D eigenvalue weighted by atomic mass is 16.1. The lowest BCUT2D eigenvalue weighted by Gasteiger charge is -2.43. The molecular formula is C31H40N2O. The summed E-state index contributed by atoms with van der Waals surface area (Å²) in [7, 11) is 0. The Morgan fingerprint density at radius 1 is 0.824 bits per heavy atom. The molecule has 1 amide bonds. The number of benzene rings is 3. The maximum atomic E-state index is 8.58. The number of carbonyl (C=O) groups excluding carboxylic acids is 1. The van der Waals surface area contributed by atoms with Crippen LogP contribution < -0.4 is 10.6 Å². The van der Waals surface area contributed by atoms with Gasteiger partial charge in [-0.1, -0.05) is 111 Å². The van der Waals surface area contributed by atoms with Crippen molar-refractivity contribution >= 4 is 12.1 Å². The first-order valence-electron chi connectivity index (χ1n) is 12.8. The van der Waals surface area contributed by atoms with E-state index in [0.717, 1.165) is 0 Å². The number of nitrogens with zero attached hydrogens (tertiary/aromatic N) is 1. The summed E-state index contributed by atoms with van der Waals surface area (Å²) >= 11 is 0. The summed E-state index contributed by atoms with van der Waals surface area (Å²) in [5.41, 5.74) is 13.1. The fourth-order valence-electron chi connectivity index (χ4n) is 5.36. The molecule has 3 nitrogen and oxygen atoms in total. The zero-order chi connectivity index (χ0) is 24.3. The first-order valence-corrected chi connectivity index (χ1v) is 12.8. The van der Waals surface area contributed by atoms with E-state index < -0.39 is 0 Å². The molecule has 2 atom stereocenters. The van der Waals surface area contributed by atoms with Crippen molar-refractivity contribution in [2.24, 2.45) is 5.73 Å². The minimum atomic E-state index is 0.250. The SMILES string of the molecule is CCCCC.Cc1cc2c3c(c1)C(c1ccccc1)CCN3CCC2c1ccccc1.NC=O. The monoisotopic (exact) mass is 456 g/mol. The molecule has 0 bridgehead atoms. The van der Waals surface area contributed by atoms with E-state index in [2.05, 4.69) is 104 Å². The van der Waals surface area contributed by atoms with Gasteiger partial charge in [-0.25, -0.2) is 0 Å². The number of anilines is 1. The molecule has 0 aromatic heterocycles. The summed E-state index contributed by atoms with van der Waals surface area (Å²) < 4.78 is 0. The minimum absolute atomic E-state index is 0.250. The Balaban J connectivity index is 0.000000356. The Labute approximate surface area is 206 Å². The van der Waals surface area contributed by atoms with Crippen LogP contribution in [0.2, 0.25) is 0 Å². The molecule has 2 aliphatic heterocycles. The Hall–Kier alpha value is -3.07. The maximum absolute atomic E-state index is 8.58. The first-order chi connectivity index (χ1) is 16.6. The van der Waals surface area contributed by atoms with E-state index >= 15 is 0 Å². The lowest BCUT2D eigenvalue weighted by Crippen LogP contribution is -2.37. The Kier molecular flexibility index (Phi) is 9.75. The van der Waals surface area contributed by atoms with Gasteiger partial charge in [-0.2, -0.15) is 0 Å². The third kappa shape index (κ3) is 6.08. The van der Waals surface area contributed by atoms with Gasteiger partial charge in [-0.05, 0) is 42.0 Å². The van der Waals surface area contributed by atoms with Gasteiger partial charge in [0.25, 0.3) is 0 Å². The summed E-state index contributed by atoms with van der Waals surface area (Å²) in [4.78, 5) is 11.2. The molecule has 2 heterocycles. The third-order valence-electron chi connectivity index (χ3n) is 6.87. The quantitative estimate of drug-likeness (QED) is 0.423. The van der Waals surface area contributed by atoms with Gasteiger partial charge in [0.1, 0.15) is 0 Å². The van der Waals surface area contributed by atoms with Gasteiger partial charge in [0, 0.05) is 30.6 Å². The number of unbranched alkanes of at least 4 members (excludes halogenated alkanes) is 2. The van der Waals surface area contributed by atoms with Crippen LogP contribution in [0.1, 0.15) is 85.6 Å². The van der Waals surface area contributed by atoms with Gasteiger partial charge in [-0.3, -0.25) is 4.79 Å². The number of amides is 1. The molecule has 0 radical (unpaired) electrons. The number of rotatable bonds is 4. The summed E-state index contributed by atoms with van der Waals surface area (Å²) in [6.07, 6.45) is 6.76. The molecule has 0 saturated heterocycles. The van der Waals surface area contributed by atoms with Crippen molar-refractivity contribution in [3.05, 3.63) is 101 Å². The van der Waals surface area contributed by atoms with E-state index in [1.165, 1.54) is 78.7 Å². The lowest BCUT2D eigenvalue weighted by molar-refractivity contribution is -0.106. The molecule has 2 unspecified atom stereocenters. The van der Waals surface area contributed by atoms with E-state index in [1.807, 2.05) is 0 Å². The van der Waals surface area contributed by atoms with Crippen LogP contribution in [0.4, 0.5) is 5.69 Å². The molecule has 0 saturated carbocycles. The van der Waals surface area contributed by atoms with E-state index in [0.29, 0.717) is 11.8 Å². The second-order valence-electron chi connectivity index (χ2n) is 9.27. The normalized spacial score (nSPS) is 17.9. The second-order valence-corrected chi connectivity index (χ2v) is 9.27. The predicted octanol–water partition coefficient (Wildman–Crippen LogP) is 7.17. The number of carbonyl (C=O) groups is 1. The molecule has 34 heavy (non-hydrogen) atoms. The molecule has 0 fully saturated rings. The number of hydrogen-bond donors (Lipinski definition) is 1. The summed E-state index contributed by atoms with van der Waals surface area (Å²) in [6, 6.07) is 27.0. The fraction of sp³-hybridized carbons (Fsp3) is 0.387. The number of primary amides is 1. The van der Waals surface area contributed by atoms with Crippen molar-refractivity contribution in [2.75, 3.05) is 18.0 Å². The molecule has 0 spiro atoms. The van der Waals surface area contributed by atoms with Gasteiger partial charge in [0.05, 0.1) is 0 Å².